The van der Waals surface area contributed by atoms with Gasteiger partial charge in [-0.1, -0.05) is 31.0 Å². The molecular formula is C16H18N2O2S. The van der Waals surface area contributed by atoms with Crippen LogP contribution in [0.25, 0.3) is 10.8 Å². The summed E-state index contributed by atoms with van der Waals surface area (Å²) in [5.41, 5.74) is 6.35. The average molecular weight is 302 g/mol. The fourth-order valence-corrected chi connectivity index (χ4v) is 3.93. The van der Waals surface area contributed by atoms with Crippen LogP contribution in [0.3, 0.4) is 0 Å². The molecule has 110 valence electrons. The highest BCUT2D eigenvalue weighted by atomic mass is 32.2. The van der Waals surface area contributed by atoms with Crippen LogP contribution >= 0.6 is 0 Å². The summed E-state index contributed by atoms with van der Waals surface area (Å²) < 4.78 is 27.0. The summed E-state index contributed by atoms with van der Waals surface area (Å²) in [6.07, 6.45) is 6.00. The standard InChI is InChI=1S/C16H18N2O2S/c1-3-10-18(11-4-2)21(19,20)16-7-5-6-13-12-14(17)8-9-15(13)16/h1,5-9,12H,4,10-11,17H2,2H3. The van der Waals surface area contributed by atoms with Gasteiger partial charge < -0.3 is 5.73 Å². The van der Waals surface area contributed by atoms with Gasteiger partial charge in [0.2, 0.25) is 10.0 Å². The molecule has 21 heavy (non-hydrogen) atoms. The Bertz CT molecular complexity index is 792. The lowest BCUT2D eigenvalue weighted by Gasteiger charge is -2.20. The first kappa shape index (κ1) is 15.4. The number of anilines is 1. The van der Waals surface area contributed by atoms with Crippen LogP contribution in [0.5, 0.6) is 0 Å². The van der Waals surface area contributed by atoms with Gasteiger partial charge >= 0.3 is 0 Å². The van der Waals surface area contributed by atoms with Crippen molar-refractivity contribution in [3.05, 3.63) is 36.4 Å². The van der Waals surface area contributed by atoms with E-state index in [-0.39, 0.29) is 11.4 Å². The van der Waals surface area contributed by atoms with E-state index in [1.807, 2.05) is 13.0 Å². The van der Waals surface area contributed by atoms with Gasteiger partial charge in [-0.25, -0.2) is 8.42 Å². The minimum absolute atomic E-state index is 0.0710. The highest BCUT2D eigenvalue weighted by Gasteiger charge is 2.24. The van der Waals surface area contributed by atoms with Gasteiger partial charge in [0.25, 0.3) is 0 Å². The van der Waals surface area contributed by atoms with Crippen molar-refractivity contribution in [1.82, 2.24) is 4.31 Å². The molecule has 0 fully saturated rings. The van der Waals surface area contributed by atoms with E-state index in [0.29, 0.717) is 24.0 Å². The molecule has 0 spiro atoms. The van der Waals surface area contributed by atoms with Crippen molar-refractivity contribution >= 4 is 26.5 Å². The maximum absolute atomic E-state index is 12.8. The van der Waals surface area contributed by atoms with Gasteiger partial charge in [0.05, 0.1) is 11.4 Å². The van der Waals surface area contributed by atoms with Crippen molar-refractivity contribution in [2.24, 2.45) is 0 Å². The van der Waals surface area contributed by atoms with Crippen molar-refractivity contribution in [3.63, 3.8) is 0 Å². The maximum atomic E-state index is 12.8. The molecule has 0 saturated carbocycles. The molecule has 2 aromatic rings. The number of sulfonamides is 1. The van der Waals surface area contributed by atoms with E-state index in [1.165, 1.54) is 4.31 Å². The number of benzene rings is 2. The predicted molar refractivity (Wildman–Crippen MR) is 86.2 cm³/mol. The highest BCUT2D eigenvalue weighted by Crippen LogP contribution is 2.27. The summed E-state index contributed by atoms with van der Waals surface area (Å²) in [7, 11) is -3.61. The average Bonchev–Trinajstić information content (AvgIpc) is 2.46. The number of nitrogens with zero attached hydrogens (tertiary/aromatic N) is 1. The van der Waals surface area contributed by atoms with Crippen molar-refractivity contribution in [2.75, 3.05) is 18.8 Å². The number of terminal acetylenes is 1. The minimum atomic E-state index is -3.61. The topological polar surface area (TPSA) is 63.4 Å². The molecule has 0 bridgehead atoms. The fourth-order valence-electron chi connectivity index (χ4n) is 2.27. The maximum Gasteiger partial charge on any atom is 0.244 e. The smallest absolute Gasteiger partial charge is 0.244 e. The van der Waals surface area contributed by atoms with Gasteiger partial charge in [-0.15, -0.1) is 6.42 Å². The second kappa shape index (κ2) is 6.17. The molecule has 0 radical (unpaired) electrons. The van der Waals surface area contributed by atoms with Gasteiger partial charge in [0, 0.05) is 17.6 Å². The Balaban J connectivity index is 2.61. The van der Waals surface area contributed by atoms with E-state index < -0.39 is 10.0 Å². The number of fused-ring (bicyclic) bond motifs is 1. The van der Waals surface area contributed by atoms with Crippen LogP contribution in [-0.4, -0.2) is 25.8 Å². The third-order valence-electron chi connectivity index (χ3n) is 3.22. The second-order valence-corrected chi connectivity index (χ2v) is 6.69. The molecule has 0 unspecified atom stereocenters. The van der Waals surface area contributed by atoms with Gasteiger partial charge in [0.15, 0.2) is 0 Å². The summed E-state index contributed by atoms with van der Waals surface area (Å²) >= 11 is 0. The number of nitrogen functional groups attached to an aromatic ring is 1. The van der Waals surface area contributed by atoms with E-state index in [9.17, 15) is 8.42 Å². The van der Waals surface area contributed by atoms with Crippen molar-refractivity contribution < 1.29 is 8.42 Å². The number of rotatable bonds is 5. The van der Waals surface area contributed by atoms with Crippen molar-refractivity contribution in [2.45, 2.75) is 18.2 Å². The molecule has 5 heteroatoms. The molecular weight excluding hydrogens is 284 g/mol. The Morgan fingerprint density at radius 1 is 1.29 bits per heavy atom. The lowest BCUT2D eigenvalue weighted by atomic mass is 10.1. The number of hydrogen-bond acceptors (Lipinski definition) is 3. The SMILES string of the molecule is C#CCN(CCC)S(=O)(=O)c1cccc2cc(N)ccc12. The Kier molecular flexibility index (Phi) is 4.51. The third kappa shape index (κ3) is 3.02. The summed E-state index contributed by atoms with van der Waals surface area (Å²) in [4.78, 5) is 0.267. The zero-order chi connectivity index (χ0) is 15.5. The van der Waals surface area contributed by atoms with Crippen LogP contribution in [0.1, 0.15) is 13.3 Å². The number of nitrogens with two attached hydrogens (primary N) is 1. The van der Waals surface area contributed by atoms with E-state index >= 15 is 0 Å². The van der Waals surface area contributed by atoms with E-state index in [4.69, 9.17) is 12.2 Å². The normalized spacial score (nSPS) is 11.7. The molecule has 0 heterocycles. The summed E-state index contributed by atoms with van der Waals surface area (Å²) in [5, 5.41) is 1.46. The quantitative estimate of drug-likeness (QED) is 0.681. The Morgan fingerprint density at radius 3 is 2.71 bits per heavy atom. The lowest BCUT2D eigenvalue weighted by Crippen LogP contribution is -2.32. The first-order chi connectivity index (χ1) is 10.0. The summed E-state index contributed by atoms with van der Waals surface area (Å²) in [5.74, 6) is 2.41. The van der Waals surface area contributed by atoms with Gasteiger partial charge in [0.1, 0.15) is 0 Å². The molecule has 0 aliphatic carbocycles. The first-order valence-corrected chi connectivity index (χ1v) is 8.16. The van der Waals surface area contributed by atoms with E-state index in [1.54, 1.807) is 30.3 Å². The molecule has 2 rings (SSSR count). The Hall–Kier alpha value is -2.03. The zero-order valence-electron chi connectivity index (χ0n) is 11.9. The Morgan fingerprint density at radius 2 is 2.05 bits per heavy atom. The van der Waals surface area contributed by atoms with Crippen LogP contribution in [0, 0.1) is 12.3 Å². The lowest BCUT2D eigenvalue weighted by molar-refractivity contribution is 0.446. The highest BCUT2D eigenvalue weighted by molar-refractivity contribution is 7.89. The van der Waals surface area contributed by atoms with Crippen molar-refractivity contribution in [1.29, 1.82) is 0 Å². The fraction of sp³-hybridized carbons (Fsp3) is 0.250. The van der Waals surface area contributed by atoms with E-state index in [0.717, 1.165) is 5.39 Å². The monoisotopic (exact) mass is 302 g/mol. The van der Waals surface area contributed by atoms with Crippen molar-refractivity contribution in [3.8, 4) is 12.3 Å². The van der Waals surface area contributed by atoms with Gasteiger partial charge in [-0.05, 0) is 30.0 Å². The predicted octanol–water partition coefficient (Wildman–Crippen LogP) is 2.46. The summed E-state index contributed by atoms with van der Waals surface area (Å²) in [6, 6.07) is 10.4. The van der Waals surface area contributed by atoms with Crippen LogP contribution in [0.15, 0.2) is 41.3 Å². The van der Waals surface area contributed by atoms with Crippen LogP contribution in [0.4, 0.5) is 5.69 Å². The number of hydrogen-bond donors (Lipinski definition) is 1. The molecule has 0 amide bonds. The zero-order valence-corrected chi connectivity index (χ0v) is 12.7. The second-order valence-electron chi connectivity index (χ2n) is 4.78. The molecule has 4 nitrogen and oxygen atoms in total. The first-order valence-electron chi connectivity index (χ1n) is 6.72. The molecule has 0 saturated heterocycles. The van der Waals surface area contributed by atoms with Crippen LogP contribution < -0.4 is 5.73 Å². The molecule has 2 aromatic carbocycles. The van der Waals surface area contributed by atoms with Gasteiger partial charge in [-0.2, -0.15) is 4.31 Å². The van der Waals surface area contributed by atoms with Crippen LogP contribution in [0.2, 0.25) is 0 Å². The molecule has 2 N–H and O–H groups in total. The Labute approximate surface area is 125 Å². The molecule has 0 atom stereocenters. The largest absolute Gasteiger partial charge is 0.399 e. The van der Waals surface area contributed by atoms with Gasteiger partial charge in [-0.3, -0.25) is 0 Å². The summed E-state index contributed by atoms with van der Waals surface area (Å²) in [6.45, 7) is 2.39. The molecule has 0 aromatic heterocycles. The molecule has 0 aliphatic heterocycles. The van der Waals surface area contributed by atoms with Crippen LogP contribution in [-0.2, 0) is 10.0 Å². The third-order valence-corrected chi connectivity index (χ3v) is 5.13. The molecule has 0 aliphatic rings. The van der Waals surface area contributed by atoms with E-state index in [2.05, 4.69) is 5.92 Å². The minimum Gasteiger partial charge on any atom is -0.399 e.